The van der Waals surface area contributed by atoms with E-state index < -0.39 is 32.0 Å². The molecule has 0 aliphatic rings. The summed E-state index contributed by atoms with van der Waals surface area (Å²) < 4.78 is 61.6. The number of pyridine rings is 1. The van der Waals surface area contributed by atoms with Gasteiger partial charge in [0.1, 0.15) is 17.2 Å². The van der Waals surface area contributed by atoms with Crippen molar-refractivity contribution in [3.05, 3.63) is 75.2 Å². The number of hydrogen-bond acceptors (Lipinski definition) is 5. The number of hydrogen-bond donors (Lipinski definition) is 2. The van der Waals surface area contributed by atoms with Crippen LogP contribution in [-0.4, -0.2) is 16.1 Å². The maximum Gasteiger partial charge on any atom is 1.00 e. The van der Waals surface area contributed by atoms with Crippen LogP contribution in [0.3, 0.4) is 0 Å². The molecule has 0 amide bonds. The van der Waals surface area contributed by atoms with Gasteiger partial charge in [0.15, 0.2) is 0 Å². The Hall–Kier alpha value is -1.82. The minimum atomic E-state index is -4.81. The number of phosphoric acid groups is 1. The van der Waals surface area contributed by atoms with Crippen LogP contribution in [0.4, 0.5) is 13.2 Å². The van der Waals surface area contributed by atoms with Gasteiger partial charge in [0.2, 0.25) is 5.43 Å². The normalized spacial score (nSPS) is 11.6. The Kier molecular flexibility index (Phi) is 9.43. The Labute approximate surface area is 218 Å². The molecule has 0 saturated carbocycles. The van der Waals surface area contributed by atoms with E-state index in [1.54, 1.807) is 0 Å². The molecule has 3 aromatic rings. The van der Waals surface area contributed by atoms with Crippen molar-refractivity contribution in [1.29, 1.82) is 0 Å². The molecular formula is C20H15ClF3NNaO7P. The fourth-order valence-corrected chi connectivity index (χ4v) is 3.22. The second-order valence-corrected chi connectivity index (χ2v) is 8.19. The minimum absolute atomic E-state index is 0. The number of phosphoric ester groups is 1. The van der Waals surface area contributed by atoms with Gasteiger partial charge in [0, 0.05) is 5.56 Å². The van der Waals surface area contributed by atoms with Crippen molar-refractivity contribution in [3.63, 3.8) is 0 Å². The molecule has 0 aliphatic carbocycles. The van der Waals surface area contributed by atoms with Crippen LogP contribution in [0.2, 0.25) is 5.02 Å². The first kappa shape index (κ1) is 28.4. The van der Waals surface area contributed by atoms with Crippen LogP contribution in [-0.2, 0) is 15.7 Å². The smallest absolute Gasteiger partial charge is 0.661 e. The maximum absolute atomic E-state index is 12.7. The number of ether oxygens (including phenoxy) is 2. The third-order valence-corrected chi connectivity index (χ3v) is 5.05. The molecule has 2 aromatic carbocycles. The van der Waals surface area contributed by atoms with Gasteiger partial charge in [0.25, 0.3) is 0 Å². The van der Waals surface area contributed by atoms with Gasteiger partial charge in [-0.05, 0) is 42.0 Å². The van der Waals surface area contributed by atoms with Gasteiger partial charge in [0.05, 0.1) is 11.6 Å². The van der Waals surface area contributed by atoms with E-state index in [4.69, 9.17) is 26.1 Å². The topological polar surface area (TPSA) is 116 Å². The SMILES string of the molecule is Cc1[n-]c(COP(=O)(O)O)c(-c2ccc(Oc3ccc(OC(F)(F)F)cc3)cc2)c(=O)c1Cl.[Na+]. The second-order valence-electron chi connectivity index (χ2n) is 6.57. The van der Waals surface area contributed by atoms with Crippen molar-refractivity contribution >= 4 is 19.4 Å². The molecule has 0 bridgehead atoms. The van der Waals surface area contributed by atoms with E-state index in [0.29, 0.717) is 11.3 Å². The quantitative estimate of drug-likeness (QED) is 0.354. The molecule has 34 heavy (non-hydrogen) atoms. The van der Waals surface area contributed by atoms with Gasteiger partial charge in [-0.3, -0.25) is 9.32 Å². The second kappa shape index (κ2) is 11.3. The maximum atomic E-state index is 12.7. The molecule has 176 valence electrons. The molecule has 8 nitrogen and oxygen atoms in total. The molecule has 0 unspecified atom stereocenters. The number of halogens is 4. The van der Waals surface area contributed by atoms with Crippen LogP contribution in [0.25, 0.3) is 11.1 Å². The van der Waals surface area contributed by atoms with E-state index >= 15 is 0 Å². The van der Waals surface area contributed by atoms with Crippen molar-refractivity contribution in [1.82, 2.24) is 4.98 Å². The zero-order valence-electron chi connectivity index (χ0n) is 17.7. The number of alkyl halides is 3. The van der Waals surface area contributed by atoms with Crippen LogP contribution < -0.4 is 49.4 Å². The van der Waals surface area contributed by atoms with Crippen molar-refractivity contribution in [2.75, 3.05) is 0 Å². The standard InChI is InChI=1S/C20H16ClF3NO7P.Na/c1-11-18(21)19(26)17(16(25-11)10-30-33(27,28)29)12-2-4-13(5-3-12)31-14-6-8-15(9-7-14)32-20(22,23)24;/h2-9H,10H2,1H3,(H3,25,26,27,28,29);/q;+1/p-1. The van der Waals surface area contributed by atoms with E-state index in [2.05, 4.69) is 14.2 Å². The summed E-state index contributed by atoms with van der Waals surface area (Å²) >= 11 is 6.01. The van der Waals surface area contributed by atoms with Crippen LogP contribution in [0.15, 0.2) is 53.3 Å². The van der Waals surface area contributed by atoms with E-state index in [-0.39, 0.29) is 57.3 Å². The van der Waals surface area contributed by atoms with Gasteiger partial charge in [-0.1, -0.05) is 30.7 Å². The average Bonchev–Trinajstić information content (AvgIpc) is 2.71. The van der Waals surface area contributed by atoms with Gasteiger partial charge in [-0.25, -0.2) is 4.57 Å². The first-order chi connectivity index (χ1) is 15.3. The molecule has 0 aliphatic heterocycles. The summed E-state index contributed by atoms with van der Waals surface area (Å²) in [6.45, 7) is 0.841. The largest absolute Gasteiger partial charge is 1.00 e. The monoisotopic (exact) mass is 527 g/mol. The summed E-state index contributed by atoms with van der Waals surface area (Å²) in [7, 11) is -4.81. The van der Waals surface area contributed by atoms with Crippen LogP contribution in [0.1, 0.15) is 11.4 Å². The zero-order chi connectivity index (χ0) is 24.4. The summed E-state index contributed by atoms with van der Waals surface area (Å²) in [6, 6.07) is 10.7. The van der Waals surface area contributed by atoms with Crippen LogP contribution in [0, 0.1) is 6.92 Å². The van der Waals surface area contributed by atoms with Crippen molar-refractivity contribution < 1.29 is 71.1 Å². The van der Waals surface area contributed by atoms with Gasteiger partial charge >= 0.3 is 43.7 Å². The summed E-state index contributed by atoms with van der Waals surface area (Å²) in [5.74, 6) is 0.134. The Morgan fingerprint density at radius 1 is 1.00 bits per heavy atom. The molecule has 1 aromatic heterocycles. The van der Waals surface area contributed by atoms with E-state index in [9.17, 15) is 22.5 Å². The summed E-state index contributed by atoms with van der Waals surface area (Å²) in [6.07, 6.45) is -4.80. The molecule has 0 atom stereocenters. The summed E-state index contributed by atoms with van der Waals surface area (Å²) in [4.78, 5) is 34.7. The van der Waals surface area contributed by atoms with Gasteiger partial charge in [-0.2, -0.15) is 0 Å². The van der Waals surface area contributed by atoms with Crippen molar-refractivity contribution in [2.24, 2.45) is 0 Å². The Balaban J connectivity index is 0.00000408. The Bertz CT molecular complexity index is 1250. The molecule has 14 heteroatoms. The fourth-order valence-electron chi connectivity index (χ4n) is 2.79. The summed E-state index contributed by atoms with van der Waals surface area (Å²) in [5, 5.41) is -0.147. The predicted octanol–water partition coefficient (Wildman–Crippen LogP) is 1.94. The Morgan fingerprint density at radius 2 is 1.50 bits per heavy atom. The zero-order valence-corrected chi connectivity index (χ0v) is 21.3. The average molecular weight is 528 g/mol. The van der Waals surface area contributed by atoms with E-state index in [0.717, 1.165) is 12.1 Å². The van der Waals surface area contributed by atoms with E-state index in [1.165, 1.54) is 43.3 Å². The number of benzene rings is 2. The molecule has 1 heterocycles. The molecule has 0 radical (unpaired) electrons. The number of aryl methyl sites for hydroxylation is 1. The number of rotatable bonds is 7. The number of nitrogens with zero attached hydrogens (tertiary/aromatic N) is 1. The molecule has 0 saturated heterocycles. The fraction of sp³-hybridized carbons (Fsp3) is 0.150. The van der Waals surface area contributed by atoms with Crippen molar-refractivity contribution in [2.45, 2.75) is 19.9 Å². The first-order valence-corrected chi connectivity index (χ1v) is 10.9. The van der Waals surface area contributed by atoms with Crippen LogP contribution in [0.5, 0.6) is 17.2 Å². The molecule has 2 N–H and O–H groups in total. The Morgan fingerprint density at radius 3 is 2.00 bits per heavy atom. The molecular weight excluding hydrogens is 513 g/mol. The molecule has 0 spiro atoms. The van der Waals surface area contributed by atoms with Gasteiger partial charge < -0.3 is 24.2 Å². The van der Waals surface area contributed by atoms with E-state index in [1.807, 2.05) is 0 Å². The minimum Gasteiger partial charge on any atom is -0.661 e. The third kappa shape index (κ3) is 7.86. The number of aromatic nitrogens is 1. The van der Waals surface area contributed by atoms with Gasteiger partial charge in [-0.15, -0.1) is 24.6 Å². The first-order valence-electron chi connectivity index (χ1n) is 9.02. The molecule has 0 fully saturated rings. The third-order valence-electron chi connectivity index (χ3n) is 4.14. The van der Waals surface area contributed by atoms with Crippen molar-refractivity contribution in [3.8, 4) is 28.4 Å². The molecule has 3 rings (SSSR count). The van der Waals surface area contributed by atoms with Crippen LogP contribution >= 0.6 is 19.4 Å². The summed E-state index contributed by atoms with van der Waals surface area (Å²) in [5.41, 5.74) is -0.103. The predicted molar refractivity (Wildman–Crippen MR) is 111 cm³/mol.